The number of carbonyl (C=O) groups is 1. The topological polar surface area (TPSA) is 110 Å². The first-order valence-corrected chi connectivity index (χ1v) is 13.6. The molecule has 42 heavy (non-hydrogen) atoms. The van der Waals surface area contributed by atoms with E-state index in [0.717, 1.165) is 19.8 Å². The number of carbonyl (C=O) groups excluding carboxylic acids is 1. The fourth-order valence-corrected chi connectivity index (χ4v) is 6.64. The molecule has 2 saturated heterocycles. The summed E-state index contributed by atoms with van der Waals surface area (Å²) in [7, 11) is 1.69. The number of benzene rings is 1. The van der Waals surface area contributed by atoms with Crippen LogP contribution < -0.4 is 21.1 Å². The summed E-state index contributed by atoms with van der Waals surface area (Å²) in [6.45, 7) is 4.52. The van der Waals surface area contributed by atoms with Crippen molar-refractivity contribution in [1.82, 2.24) is 25.0 Å². The summed E-state index contributed by atoms with van der Waals surface area (Å²) < 4.78 is 81.7. The number of aryl methyl sites for hydroxylation is 1. The van der Waals surface area contributed by atoms with E-state index < -0.39 is 63.9 Å². The van der Waals surface area contributed by atoms with Gasteiger partial charge in [0.25, 0.3) is 5.91 Å². The number of halogens is 5. The van der Waals surface area contributed by atoms with Gasteiger partial charge in [0.1, 0.15) is 23.2 Å². The summed E-state index contributed by atoms with van der Waals surface area (Å²) in [6, 6.07) is 1.65. The number of hydrogen-bond acceptors (Lipinski definition) is 7. The molecule has 3 aromatic rings. The molecule has 5 heterocycles. The van der Waals surface area contributed by atoms with E-state index >= 15 is 4.39 Å². The lowest BCUT2D eigenvalue weighted by Gasteiger charge is -2.46. The number of nitrogens with two attached hydrogens (primary N) is 1. The minimum atomic E-state index is -5.07. The molecule has 6 rings (SSSR count). The van der Waals surface area contributed by atoms with E-state index in [9.17, 15) is 22.4 Å². The second-order valence-corrected chi connectivity index (χ2v) is 11.2. The number of alkyl halides is 3. The van der Waals surface area contributed by atoms with Crippen LogP contribution in [0.1, 0.15) is 53.9 Å². The van der Waals surface area contributed by atoms with Gasteiger partial charge in [0.05, 0.1) is 35.2 Å². The van der Waals surface area contributed by atoms with E-state index in [0.29, 0.717) is 11.8 Å². The highest BCUT2D eigenvalue weighted by Gasteiger charge is 2.52. The van der Waals surface area contributed by atoms with Crippen LogP contribution in [0.25, 0.3) is 11.3 Å². The van der Waals surface area contributed by atoms with E-state index in [-0.39, 0.29) is 41.8 Å². The number of hydrogen-bond donors (Lipinski definition) is 3. The average molecular weight is 592 g/mol. The van der Waals surface area contributed by atoms with E-state index in [4.69, 9.17) is 10.5 Å². The van der Waals surface area contributed by atoms with Gasteiger partial charge in [-0.15, -0.1) is 0 Å². The number of rotatable bonds is 4. The Hall–Kier alpha value is -3.94. The van der Waals surface area contributed by atoms with Crippen molar-refractivity contribution in [3.05, 3.63) is 52.3 Å². The summed E-state index contributed by atoms with van der Waals surface area (Å²) in [4.78, 5) is 20.1. The number of nitrogen functional groups attached to an aromatic ring is 1. The van der Waals surface area contributed by atoms with Gasteiger partial charge in [0.15, 0.2) is 5.82 Å². The van der Waals surface area contributed by atoms with Gasteiger partial charge in [-0.3, -0.25) is 9.48 Å². The van der Waals surface area contributed by atoms with Crippen molar-refractivity contribution >= 4 is 17.3 Å². The molecule has 1 amide bonds. The smallest absolute Gasteiger partial charge is 0.417 e. The zero-order valence-corrected chi connectivity index (χ0v) is 23.3. The Kier molecular flexibility index (Phi) is 6.59. The van der Waals surface area contributed by atoms with Crippen molar-refractivity contribution in [2.45, 2.75) is 76.6 Å². The van der Waals surface area contributed by atoms with Crippen molar-refractivity contribution in [3.63, 3.8) is 0 Å². The van der Waals surface area contributed by atoms with Gasteiger partial charge in [-0.2, -0.15) is 18.3 Å². The molecule has 0 spiro atoms. The van der Waals surface area contributed by atoms with Gasteiger partial charge >= 0.3 is 6.18 Å². The standard InChI is InChI=1S/C28H30F5N7O2/c1-11-20(28(31,32)33)15(9-16(34)21(11)29)23-22(30)24(35-10-14-7-8-39(4)38-14)19-26(37-23)42-13(3)25-18-6-5-17(36-18)12(2)40(25)27(19)41/h7-9,12-13,17-18,25,36H,5-6,10,34H2,1-4H3,(H,35,37)/t12-,13+,17-,18+,25-/m1/s1. The number of anilines is 2. The third kappa shape index (κ3) is 4.34. The van der Waals surface area contributed by atoms with Crippen molar-refractivity contribution in [3.8, 4) is 17.1 Å². The molecule has 9 nitrogen and oxygen atoms in total. The molecule has 3 aliphatic rings. The summed E-state index contributed by atoms with van der Waals surface area (Å²) >= 11 is 0. The maximum Gasteiger partial charge on any atom is 0.417 e. The molecule has 2 bridgehead atoms. The van der Waals surface area contributed by atoms with Crippen LogP contribution in [0.5, 0.6) is 5.88 Å². The monoisotopic (exact) mass is 591 g/mol. The number of nitrogens with one attached hydrogen (secondary N) is 2. The van der Waals surface area contributed by atoms with Gasteiger partial charge in [-0.05, 0) is 51.3 Å². The van der Waals surface area contributed by atoms with Gasteiger partial charge in [-0.25, -0.2) is 13.8 Å². The number of amides is 1. The van der Waals surface area contributed by atoms with Crippen molar-refractivity contribution in [1.29, 1.82) is 0 Å². The van der Waals surface area contributed by atoms with Crippen LogP contribution in [0.3, 0.4) is 0 Å². The Bertz CT molecular complexity index is 1590. The van der Waals surface area contributed by atoms with Crippen LogP contribution in [-0.4, -0.2) is 55.8 Å². The minimum Gasteiger partial charge on any atom is -0.472 e. The average Bonchev–Trinajstić information content (AvgIpc) is 3.51. The molecule has 0 saturated carbocycles. The molecular weight excluding hydrogens is 561 g/mol. The van der Waals surface area contributed by atoms with E-state index in [1.54, 1.807) is 31.1 Å². The first kappa shape index (κ1) is 28.2. The number of ether oxygens (including phenoxy) is 1. The summed E-state index contributed by atoms with van der Waals surface area (Å²) in [5.41, 5.74) is 1.24. The molecule has 2 aromatic heterocycles. The predicted octanol–water partition coefficient (Wildman–Crippen LogP) is 4.40. The van der Waals surface area contributed by atoms with Crippen LogP contribution in [0, 0.1) is 18.6 Å². The lowest BCUT2D eigenvalue weighted by atomic mass is 9.95. The highest BCUT2D eigenvalue weighted by Crippen LogP contribution is 2.46. The van der Waals surface area contributed by atoms with Crippen molar-refractivity contribution in [2.75, 3.05) is 11.1 Å². The van der Waals surface area contributed by atoms with E-state index in [1.807, 2.05) is 6.92 Å². The maximum absolute atomic E-state index is 16.6. The number of aromatic nitrogens is 3. The Morgan fingerprint density at radius 1 is 1.19 bits per heavy atom. The molecule has 0 unspecified atom stereocenters. The molecule has 14 heteroatoms. The Balaban J connectivity index is 1.59. The van der Waals surface area contributed by atoms with Gasteiger partial charge in [0.2, 0.25) is 5.88 Å². The van der Waals surface area contributed by atoms with Crippen LogP contribution >= 0.6 is 0 Å². The van der Waals surface area contributed by atoms with Crippen molar-refractivity contribution in [2.24, 2.45) is 7.05 Å². The first-order valence-electron chi connectivity index (χ1n) is 13.6. The summed E-state index contributed by atoms with van der Waals surface area (Å²) in [5, 5.41) is 10.7. The minimum absolute atomic E-state index is 0.0328. The molecule has 0 aliphatic carbocycles. The third-order valence-electron chi connectivity index (χ3n) is 8.58. The Morgan fingerprint density at radius 2 is 1.90 bits per heavy atom. The zero-order chi connectivity index (χ0) is 30.2. The third-order valence-corrected chi connectivity index (χ3v) is 8.58. The summed E-state index contributed by atoms with van der Waals surface area (Å²) in [6.07, 6.45) is -2.38. The van der Waals surface area contributed by atoms with Crippen LogP contribution in [-0.2, 0) is 19.8 Å². The highest BCUT2D eigenvalue weighted by molar-refractivity contribution is 6.03. The maximum atomic E-state index is 16.6. The van der Waals surface area contributed by atoms with E-state index in [1.165, 1.54) is 4.68 Å². The number of fused-ring (bicyclic) bond motifs is 5. The molecule has 1 aromatic carbocycles. The normalized spacial score (nSPS) is 25.1. The molecule has 0 radical (unpaired) electrons. The van der Waals surface area contributed by atoms with Gasteiger partial charge < -0.3 is 26.0 Å². The predicted molar refractivity (Wildman–Crippen MR) is 144 cm³/mol. The molecule has 224 valence electrons. The second kappa shape index (κ2) is 9.82. The van der Waals surface area contributed by atoms with E-state index in [2.05, 4.69) is 20.7 Å². The Morgan fingerprint density at radius 3 is 2.57 bits per heavy atom. The van der Waals surface area contributed by atoms with Crippen molar-refractivity contribution < 1.29 is 31.5 Å². The zero-order valence-electron chi connectivity index (χ0n) is 23.3. The van der Waals surface area contributed by atoms with Gasteiger partial charge in [-0.1, -0.05) is 0 Å². The van der Waals surface area contributed by atoms with Crippen LogP contribution in [0.4, 0.5) is 33.3 Å². The lowest BCUT2D eigenvalue weighted by molar-refractivity contribution is -0.137. The number of piperazine rings is 1. The molecular formula is C28H30F5N7O2. The molecule has 4 N–H and O–H groups in total. The fourth-order valence-electron chi connectivity index (χ4n) is 6.64. The Labute approximate surface area is 238 Å². The molecule has 5 atom stereocenters. The SMILES string of the molecule is Cc1c(F)c(N)cc(-c2nc3c(c(NCc4ccn(C)n4)c2F)C(=O)N2[C@@H]([C@@H]4CC[C@@H](N4)[C@H]2C)[C@H](C)O3)c1C(F)(F)F. The summed E-state index contributed by atoms with van der Waals surface area (Å²) in [5.74, 6) is -3.35. The van der Waals surface area contributed by atoms with Gasteiger partial charge in [0, 0.05) is 36.9 Å². The molecule has 3 aliphatic heterocycles. The quantitative estimate of drug-likeness (QED) is 0.305. The largest absolute Gasteiger partial charge is 0.472 e. The number of nitrogens with zero attached hydrogens (tertiary/aromatic N) is 4. The second-order valence-electron chi connectivity index (χ2n) is 11.2. The number of pyridine rings is 1. The lowest BCUT2D eigenvalue weighted by Crippen LogP contribution is -2.66. The first-order chi connectivity index (χ1) is 19.8. The molecule has 2 fully saturated rings. The highest BCUT2D eigenvalue weighted by atomic mass is 19.4. The van der Waals surface area contributed by atoms with Crippen LogP contribution in [0.15, 0.2) is 18.3 Å². The fraction of sp³-hybridized carbons (Fsp3) is 0.464. The van der Waals surface area contributed by atoms with Crippen LogP contribution in [0.2, 0.25) is 0 Å².